The fraction of sp³-hybridized carbons (Fsp3) is 0.538. The van der Waals surface area contributed by atoms with Gasteiger partial charge in [-0.3, -0.25) is 0 Å². The van der Waals surface area contributed by atoms with Crippen LogP contribution in [0.4, 0.5) is 11.4 Å². The Morgan fingerprint density at radius 2 is 1.83 bits per heavy atom. The van der Waals surface area contributed by atoms with Gasteiger partial charge < -0.3 is 15.8 Å². The lowest BCUT2D eigenvalue weighted by atomic mass is 10.2. The molecule has 0 fully saturated rings. The van der Waals surface area contributed by atoms with Gasteiger partial charge >= 0.3 is 0 Å². The minimum absolute atomic E-state index is 0.475. The molecule has 0 unspecified atom stereocenters. The highest BCUT2D eigenvalue weighted by Crippen LogP contribution is 2.30. The molecule has 0 amide bonds. The fourth-order valence-electron chi connectivity index (χ4n) is 1.46. The number of nitrogens with two attached hydrogens (primary N) is 1. The van der Waals surface area contributed by atoms with Crippen LogP contribution in [0.15, 0.2) is 12.1 Å². The van der Waals surface area contributed by atoms with E-state index in [4.69, 9.17) is 33.7 Å². The van der Waals surface area contributed by atoms with Gasteiger partial charge in [0.05, 0.1) is 21.4 Å². The van der Waals surface area contributed by atoms with Gasteiger partial charge in [-0.2, -0.15) is 0 Å². The summed E-state index contributed by atoms with van der Waals surface area (Å²) >= 11 is 11.8. The van der Waals surface area contributed by atoms with Crippen molar-refractivity contribution in [3.05, 3.63) is 22.2 Å². The van der Waals surface area contributed by atoms with Crippen molar-refractivity contribution in [2.75, 3.05) is 30.8 Å². The topological polar surface area (TPSA) is 47.3 Å². The predicted octanol–water partition coefficient (Wildman–Crippen LogP) is 4.19. The monoisotopic (exact) mass is 290 g/mol. The van der Waals surface area contributed by atoms with Gasteiger partial charge in [0.2, 0.25) is 0 Å². The van der Waals surface area contributed by atoms with Crippen molar-refractivity contribution in [3.63, 3.8) is 0 Å². The second kappa shape index (κ2) is 8.46. The predicted molar refractivity (Wildman–Crippen MR) is 79.7 cm³/mol. The SMILES string of the molecule is CCCCOCCCNc1cc(Cl)c(Cl)cc1N. The Balaban J connectivity index is 2.25. The van der Waals surface area contributed by atoms with E-state index in [1.165, 1.54) is 0 Å². The molecule has 3 N–H and O–H groups in total. The molecule has 0 aliphatic rings. The van der Waals surface area contributed by atoms with Crippen molar-refractivity contribution in [1.82, 2.24) is 0 Å². The number of unbranched alkanes of at least 4 members (excludes halogenated alkanes) is 1. The van der Waals surface area contributed by atoms with Crippen molar-refractivity contribution >= 4 is 34.6 Å². The van der Waals surface area contributed by atoms with Crippen LogP contribution in [0.5, 0.6) is 0 Å². The molecule has 0 saturated carbocycles. The number of ether oxygens (including phenoxy) is 1. The third-order valence-corrected chi connectivity index (χ3v) is 3.24. The molecular formula is C13H20Cl2N2O. The Bertz CT molecular complexity index is 372. The highest BCUT2D eigenvalue weighted by atomic mass is 35.5. The lowest BCUT2D eigenvalue weighted by molar-refractivity contribution is 0.131. The summed E-state index contributed by atoms with van der Waals surface area (Å²) in [4.78, 5) is 0. The summed E-state index contributed by atoms with van der Waals surface area (Å²) in [6, 6.07) is 3.40. The number of anilines is 2. The number of halogens is 2. The normalized spacial score (nSPS) is 10.6. The van der Waals surface area contributed by atoms with Gasteiger partial charge in [-0.25, -0.2) is 0 Å². The molecule has 18 heavy (non-hydrogen) atoms. The first-order valence-electron chi connectivity index (χ1n) is 6.21. The van der Waals surface area contributed by atoms with Crippen molar-refractivity contribution in [3.8, 4) is 0 Å². The van der Waals surface area contributed by atoms with Crippen molar-refractivity contribution in [2.45, 2.75) is 26.2 Å². The van der Waals surface area contributed by atoms with Gasteiger partial charge in [0, 0.05) is 19.8 Å². The quantitative estimate of drug-likeness (QED) is 0.557. The minimum Gasteiger partial charge on any atom is -0.397 e. The van der Waals surface area contributed by atoms with Crippen LogP contribution < -0.4 is 11.1 Å². The second-order valence-corrected chi connectivity index (χ2v) is 4.91. The third kappa shape index (κ3) is 5.34. The minimum atomic E-state index is 0.475. The second-order valence-electron chi connectivity index (χ2n) is 4.10. The molecule has 3 nitrogen and oxygen atoms in total. The first-order chi connectivity index (χ1) is 8.65. The zero-order valence-electron chi connectivity index (χ0n) is 10.6. The Morgan fingerprint density at radius 1 is 1.17 bits per heavy atom. The molecule has 0 atom stereocenters. The van der Waals surface area contributed by atoms with Gasteiger partial charge in [0.1, 0.15) is 0 Å². The maximum Gasteiger partial charge on any atom is 0.0614 e. The summed E-state index contributed by atoms with van der Waals surface area (Å²) in [5.41, 5.74) is 7.26. The van der Waals surface area contributed by atoms with Gasteiger partial charge in [-0.05, 0) is 25.0 Å². The first kappa shape index (κ1) is 15.4. The maximum absolute atomic E-state index is 5.93. The number of hydrogen-bond acceptors (Lipinski definition) is 3. The Labute approximate surface area is 119 Å². The number of benzene rings is 1. The van der Waals surface area contributed by atoms with Crippen LogP contribution in [0.25, 0.3) is 0 Å². The summed E-state index contributed by atoms with van der Waals surface area (Å²) < 4.78 is 5.47. The molecule has 0 bridgehead atoms. The van der Waals surface area contributed by atoms with E-state index in [9.17, 15) is 0 Å². The molecule has 0 radical (unpaired) electrons. The van der Waals surface area contributed by atoms with E-state index in [1.54, 1.807) is 12.1 Å². The summed E-state index contributed by atoms with van der Waals surface area (Å²) in [5.74, 6) is 0. The van der Waals surface area contributed by atoms with Crippen LogP contribution in [-0.4, -0.2) is 19.8 Å². The van der Waals surface area contributed by atoms with Gasteiger partial charge in [-0.1, -0.05) is 36.5 Å². The Hall–Kier alpha value is -0.640. The number of rotatable bonds is 8. The molecule has 0 aliphatic carbocycles. The Morgan fingerprint density at radius 3 is 2.56 bits per heavy atom. The Kier molecular flexibility index (Phi) is 7.25. The summed E-state index contributed by atoms with van der Waals surface area (Å²) in [7, 11) is 0. The molecule has 5 heteroatoms. The number of nitrogen functional groups attached to an aromatic ring is 1. The molecule has 0 saturated heterocycles. The van der Waals surface area contributed by atoms with Gasteiger partial charge in [0.25, 0.3) is 0 Å². The molecular weight excluding hydrogens is 271 g/mol. The average Bonchev–Trinajstić information content (AvgIpc) is 2.34. The smallest absolute Gasteiger partial charge is 0.0614 e. The van der Waals surface area contributed by atoms with Crippen LogP contribution >= 0.6 is 23.2 Å². The lowest BCUT2D eigenvalue weighted by Crippen LogP contribution is -2.08. The van der Waals surface area contributed by atoms with Crippen molar-refractivity contribution in [1.29, 1.82) is 0 Å². The standard InChI is InChI=1S/C13H20Cl2N2O/c1-2-3-6-18-7-4-5-17-13-9-11(15)10(14)8-12(13)16/h8-9,17H,2-7,16H2,1H3. The van der Waals surface area contributed by atoms with Crippen LogP contribution in [-0.2, 0) is 4.74 Å². The van der Waals surface area contributed by atoms with E-state index in [1.807, 2.05) is 0 Å². The average molecular weight is 291 g/mol. The van der Waals surface area contributed by atoms with Crippen LogP contribution in [0.2, 0.25) is 10.0 Å². The molecule has 0 aromatic heterocycles. The number of nitrogens with one attached hydrogen (secondary N) is 1. The lowest BCUT2D eigenvalue weighted by Gasteiger charge is -2.10. The molecule has 1 aromatic rings. The molecule has 102 valence electrons. The largest absolute Gasteiger partial charge is 0.397 e. The van der Waals surface area contributed by atoms with Crippen molar-refractivity contribution in [2.24, 2.45) is 0 Å². The van der Waals surface area contributed by atoms with Crippen LogP contribution in [0.3, 0.4) is 0 Å². The summed E-state index contributed by atoms with van der Waals surface area (Å²) in [6.07, 6.45) is 3.22. The highest BCUT2D eigenvalue weighted by molar-refractivity contribution is 6.42. The third-order valence-electron chi connectivity index (χ3n) is 2.52. The van der Waals surface area contributed by atoms with E-state index in [2.05, 4.69) is 12.2 Å². The highest BCUT2D eigenvalue weighted by Gasteiger charge is 2.04. The molecule has 1 aromatic carbocycles. The molecule has 0 spiro atoms. The summed E-state index contributed by atoms with van der Waals surface area (Å²) in [6.45, 7) is 4.55. The zero-order valence-corrected chi connectivity index (χ0v) is 12.2. The van der Waals surface area contributed by atoms with Gasteiger partial charge in [-0.15, -0.1) is 0 Å². The maximum atomic E-state index is 5.93. The summed E-state index contributed by atoms with van der Waals surface area (Å²) in [5, 5.41) is 4.21. The fourth-order valence-corrected chi connectivity index (χ4v) is 1.80. The molecule has 0 heterocycles. The van der Waals surface area contributed by atoms with E-state index in [0.29, 0.717) is 15.7 Å². The van der Waals surface area contributed by atoms with E-state index >= 15 is 0 Å². The van der Waals surface area contributed by atoms with Crippen molar-refractivity contribution < 1.29 is 4.74 Å². The van der Waals surface area contributed by atoms with E-state index in [-0.39, 0.29) is 0 Å². The molecule has 0 aliphatic heterocycles. The zero-order chi connectivity index (χ0) is 13.4. The van der Waals surface area contributed by atoms with E-state index < -0.39 is 0 Å². The number of hydrogen-bond donors (Lipinski definition) is 2. The van der Waals surface area contributed by atoms with Crippen LogP contribution in [0.1, 0.15) is 26.2 Å². The van der Waals surface area contributed by atoms with Crippen LogP contribution in [0, 0.1) is 0 Å². The first-order valence-corrected chi connectivity index (χ1v) is 6.97. The van der Waals surface area contributed by atoms with Gasteiger partial charge in [0.15, 0.2) is 0 Å². The van der Waals surface area contributed by atoms with E-state index in [0.717, 1.165) is 44.7 Å². The molecule has 1 rings (SSSR count).